The third-order valence-corrected chi connectivity index (χ3v) is 4.94. The molecule has 3 aromatic carbocycles. The zero-order valence-electron chi connectivity index (χ0n) is 19.4. The van der Waals surface area contributed by atoms with Gasteiger partial charge in [-0.3, -0.25) is 14.9 Å². The van der Waals surface area contributed by atoms with E-state index in [1.165, 1.54) is 18.3 Å². The molecular formula is C25H21F4N3O5. The number of nitrogens with zero attached hydrogens (tertiary/aromatic N) is 2. The first kappa shape index (κ1) is 27.1. The summed E-state index contributed by atoms with van der Waals surface area (Å²) in [5.41, 5.74) is 1.29. The van der Waals surface area contributed by atoms with Crippen LogP contribution in [0.15, 0.2) is 65.8 Å². The number of nitro groups is 1. The number of carbonyl (C=O) groups is 1. The Balaban J connectivity index is 1.65. The molecule has 3 rings (SSSR count). The predicted octanol–water partition coefficient (Wildman–Crippen LogP) is 5.42. The first-order valence-electron chi connectivity index (χ1n) is 10.9. The molecular weight excluding hydrogens is 498 g/mol. The Bertz CT molecular complexity index is 1290. The van der Waals surface area contributed by atoms with E-state index >= 15 is 0 Å². The van der Waals surface area contributed by atoms with Gasteiger partial charge in [-0.05, 0) is 54.4 Å². The topological polar surface area (TPSA) is 103 Å². The summed E-state index contributed by atoms with van der Waals surface area (Å²) in [6.45, 7) is 2.31. The number of nitro benzene ring substituents is 1. The summed E-state index contributed by atoms with van der Waals surface area (Å²) in [5, 5.41) is 15.0. The number of rotatable bonds is 10. The highest BCUT2D eigenvalue weighted by atomic mass is 19.4. The van der Waals surface area contributed by atoms with E-state index in [2.05, 4.69) is 10.5 Å². The van der Waals surface area contributed by atoms with Crippen LogP contribution in [-0.2, 0) is 24.0 Å². The van der Waals surface area contributed by atoms with Crippen LogP contribution < -0.4 is 14.9 Å². The van der Waals surface area contributed by atoms with Crippen molar-refractivity contribution < 1.29 is 36.8 Å². The number of alkyl halides is 3. The van der Waals surface area contributed by atoms with Gasteiger partial charge in [-0.1, -0.05) is 18.2 Å². The van der Waals surface area contributed by atoms with Crippen molar-refractivity contribution in [3.63, 3.8) is 0 Å². The summed E-state index contributed by atoms with van der Waals surface area (Å²) in [4.78, 5) is 22.4. The van der Waals surface area contributed by atoms with Crippen molar-refractivity contribution in [3.05, 3.63) is 98.8 Å². The van der Waals surface area contributed by atoms with Gasteiger partial charge in [0.05, 0.1) is 29.7 Å². The maximum Gasteiger partial charge on any atom is 0.416 e. The molecule has 0 bridgehead atoms. The molecule has 0 aliphatic heterocycles. The van der Waals surface area contributed by atoms with Crippen LogP contribution in [0.3, 0.4) is 0 Å². The van der Waals surface area contributed by atoms with Crippen LogP contribution in [-0.4, -0.2) is 23.7 Å². The average molecular weight is 519 g/mol. The van der Waals surface area contributed by atoms with Crippen LogP contribution >= 0.6 is 0 Å². The first-order chi connectivity index (χ1) is 17.6. The monoisotopic (exact) mass is 519 g/mol. The third kappa shape index (κ3) is 7.75. The fourth-order valence-electron chi connectivity index (χ4n) is 3.19. The van der Waals surface area contributed by atoms with Crippen molar-refractivity contribution in [1.82, 2.24) is 5.43 Å². The highest BCUT2D eigenvalue weighted by molar-refractivity contribution is 5.84. The van der Waals surface area contributed by atoms with Crippen LogP contribution in [0.5, 0.6) is 11.5 Å². The number of hydrogen-bond acceptors (Lipinski definition) is 6. The number of amides is 1. The van der Waals surface area contributed by atoms with E-state index < -0.39 is 34.7 Å². The molecule has 0 fully saturated rings. The zero-order valence-corrected chi connectivity index (χ0v) is 19.4. The molecule has 0 radical (unpaired) electrons. The van der Waals surface area contributed by atoms with E-state index in [1.54, 1.807) is 37.3 Å². The molecule has 37 heavy (non-hydrogen) atoms. The van der Waals surface area contributed by atoms with Crippen molar-refractivity contribution in [2.75, 3.05) is 6.61 Å². The summed E-state index contributed by atoms with van der Waals surface area (Å²) in [6, 6.07) is 12.7. The normalized spacial score (nSPS) is 11.4. The van der Waals surface area contributed by atoms with Gasteiger partial charge in [0.15, 0.2) is 11.5 Å². The molecule has 8 nitrogen and oxygen atoms in total. The Kier molecular flexibility index (Phi) is 8.77. The fourth-order valence-corrected chi connectivity index (χ4v) is 3.19. The minimum absolute atomic E-state index is 0.180. The second kappa shape index (κ2) is 12.0. The highest BCUT2D eigenvalue weighted by Gasteiger charge is 2.33. The Morgan fingerprint density at radius 2 is 1.78 bits per heavy atom. The molecule has 1 N–H and O–H groups in total. The Morgan fingerprint density at radius 3 is 2.43 bits per heavy atom. The molecule has 0 spiro atoms. The Hall–Kier alpha value is -4.48. The zero-order chi connectivity index (χ0) is 27.0. The maximum absolute atomic E-state index is 13.1. The predicted molar refractivity (Wildman–Crippen MR) is 126 cm³/mol. The van der Waals surface area contributed by atoms with Crippen LogP contribution in [0.2, 0.25) is 0 Å². The number of carbonyl (C=O) groups excluding carboxylic acids is 1. The van der Waals surface area contributed by atoms with Gasteiger partial charge in [0.1, 0.15) is 12.4 Å². The van der Waals surface area contributed by atoms with Crippen molar-refractivity contribution >= 4 is 17.8 Å². The molecule has 3 aromatic rings. The summed E-state index contributed by atoms with van der Waals surface area (Å²) in [6.07, 6.45) is -4.00. The smallest absolute Gasteiger partial charge is 0.416 e. The maximum atomic E-state index is 13.1. The number of ether oxygens (including phenoxy) is 2. The van der Waals surface area contributed by atoms with E-state index in [4.69, 9.17) is 9.47 Å². The summed E-state index contributed by atoms with van der Waals surface area (Å²) in [5.74, 6) is -0.280. The number of halogens is 4. The second-order valence-electron chi connectivity index (χ2n) is 7.62. The minimum Gasteiger partial charge on any atom is -0.490 e. The lowest BCUT2D eigenvalue weighted by Crippen LogP contribution is -2.20. The van der Waals surface area contributed by atoms with Gasteiger partial charge in [-0.15, -0.1) is 0 Å². The lowest BCUT2D eigenvalue weighted by atomic mass is 10.1. The molecule has 0 heterocycles. The first-order valence-corrected chi connectivity index (χ1v) is 10.9. The summed E-state index contributed by atoms with van der Waals surface area (Å²) in [7, 11) is 0. The van der Waals surface area contributed by atoms with Gasteiger partial charge >= 0.3 is 6.18 Å². The molecule has 0 saturated heterocycles. The van der Waals surface area contributed by atoms with Gasteiger partial charge in [0.2, 0.25) is 5.91 Å². The fraction of sp³-hybridized carbons (Fsp3) is 0.200. The van der Waals surface area contributed by atoms with Crippen molar-refractivity contribution in [2.45, 2.75) is 26.1 Å². The van der Waals surface area contributed by atoms with E-state index in [0.717, 1.165) is 11.6 Å². The summed E-state index contributed by atoms with van der Waals surface area (Å²) >= 11 is 0. The van der Waals surface area contributed by atoms with Gasteiger partial charge in [0.25, 0.3) is 5.69 Å². The molecule has 194 valence electrons. The lowest BCUT2D eigenvalue weighted by molar-refractivity contribution is -0.385. The van der Waals surface area contributed by atoms with Crippen LogP contribution in [0.4, 0.5) is 23.2 Å². The second-order valence-corrected chi connectivity index (χ2v) is 7.62. The summed E-state index contributed by atoms with van der Waals surface area (Å²) < 4.78 is 62.9. The van der Waals surface area contributed by atoms with Crippen LogP contribution in [0, 0.1) is 15.9 Å². The molecule has 0 unspecified atom stereocenters. The lowest BCUT2D eigenvalue weighted by Gasteiger charge is -2.12. The molecule has 0 aliphatic rings. The standard InChI is InChI=1S/C25H21F4N3O5/c1-2-36-23-11-17(5-10-22(23)37-15-16-3-8-20(26)9-4-16)14-30-31-24(33)12-18-6-7-19(25(27,28)29)13-21(18)32(34)35/h3-11,13-14H,2,12,15H2,1H3,(H,31,33)/b30-14+. The minimum atomic E-state index is -4.75. The van der Waals surface area contributed by atoms with E-state index in [1.807, 2.05) is 0 Å². The number of hydrogen-bond donors (Lipinski definition) is 1. The SMILES string of the molecule is CCOc1cc(/C=N/NC(=O)Cc2ccc(C(F)(F)F)cc2[N+](=O)[O-])ccc1OCc1ccc(F)cc1. The largest absolute Gasteiger partial charge is 0.490 e. The number of benzene rings is 3. The van der Waals surface area contributed by atoms with Gasteiger partial charge < -0.3 is 9.47 Å². The Labute approximate surface area is 208 Å². The number of hydrazone groups is 1. The molecule has 1 amide bonds. The van der Waals surface area contributed by atoms with Crippen LogP contribution in [0.25, 0.3) is 0 Å². The van der Waals surface area contributed by atoms with Crippen LogP contribution in [0.1, 0.15) is 29.2 Å². The molecule has 12 heteroatoms. The van der Waals surface area contributed by atoms with E-state index in [9.17, 15) is 32.5 Å². The van der Waals surface area contributed by atoms with Crippen molar-refractivity contribution in [3.8, 4) is 11.5 Å². The molecule has 0 aliphatic carbocycles. The quantitative estimate of drug-likeness (QED) is 0.167. The molecule has 0 aromatic heterocycles. The molecule has 0 atom stereocenters. The molecule has 0 saturated carbocycles. The third-order valence-electron chi connectivity index (χ3n) is 4.94. The Morgan fingerprint density at radius 1 is 1.05 bits per heavy atom. The van der Waals surface area contributed by atoms with Crippen molar-refractivity contribution in [2.24, 2.45) is 5.10 Å². The van der Waals surface area contributed by atoms with Crippen molar-refractivity contribution in [1.29, 1.82) is 0 Å². The van der Waals surface area contributed by atoms with E-state index in [-0.39, 0.29) is 18.0 Å². The van der Waals surface area contributed by atoms with Gasteiger partial charge in [-0.25, -0.2) is 9.82 Å². The van der Waals surface area contributed by atoms with Gasteiger partial charge in [0, 0.05) is 11.6 Å². The average Bonchev–Trinajstić information content (AvgIpc) is 2.84. The highest BCUT2D eigenvalue weighted by Crippen LogP contribution is 2.33. The van der Waals surface area contributed by atoms with E-state index in [0.29, 0.717) is 35.8 Å². The number of nitrogens with one attached hydrogen (secondary N) is 1. The van der Waals surface area contributed by atoms with Gasteiger partial charge in [-0.2, -0.15) is 18.3 Å².